The molecule has 3 rings (SSSR count). The number of aromatic nitrogens is 4. The second-order valence-corrected chi connectivity index (χ2v) is 5.11. The Hall–Kier alpha value is -2.50. The molecule has 1 aliphatic rings. The van der Waals surface area contributed by atoms with E-state index >= 15 is 0 Å². The molecule has 0 bridgehead atoms. The van der Waals surface area contributed by atoms with E-state index in [-0.39, 0.29) is 5.69 Å². The number of aryl methyl sites for hydroxylation is 2. The van der Waals surface area contributed by atoms with Crippen LogP contribution < -0.4 is 0 Å². The molecular weight excluding hydrogens is 268 g/mol. The summed E-state index contributed by atoms with van der Waals surface area (Å²) in [5.74, 6) is -1.07. The summed E-state index contributed by atoms with van der Waals surface area (Å²) in [5, 5.41) is 13.3. The number of rotatable bonds is 3. The van der Waals surface area contributed by atoms with Gasteiger partial charge in [-0.1, -0.05) is 0 Å². The Morgan fingerprint density at radius 1 is 1.24 bits per heavy atom. The van der Waals surface area contributed by atoms with Gasteiger partial charge in [-0.3, -0.25) is 9.67 Å². The molecule has 0 aliphatic heterocycles. The molecule has 6 nitrogen and oxygen atoms in total. The first-order valence-electron chi connectivity index (χ1n) is 6.93. The van der Waals surface area contributed by atoms with Crippen LogP contribution >= 0.6 is 0 Å². The van der Waals surface area contributed by atoms with Crippen molar-refractivity contribution >= 4 is 18.1 Å². The third kappa shape index (κ3) is 2.69. The lowest BCUT2D eigenvalue weighted by Gasteiger charge is -2.09. The normalized spacial score (nSPS) is 14.3. The van der Waals surface area contributed by atoms with Crippen LogP contribution in [-0.2, 0) is 19.9 Å². The molecule has 1 aliphatic carbocycles. The second kappa shape index (κ2) is 5.47. The number of carbonyl (C=O) groups is 1. The van der Waals surface area contributed by atoms with E-state index in [9.17, 15) is 4.79 Å². The predicted molar refractivity (Wildman–Crippen MR) is 77.8 cm³/mol. The smallest absolute Gasteiger partial charge is 0.356 e. The Kier molecular flexibility index (Phi) is 3.51. The topological polar surface area (TPSA) is 80.9 Å². The van der Waals surface area contributed by atoms with E-state index in [4.69, 9.17) is 5.11 Å². The minimum absolute atomic E-state index is 0.0509. The minimum Gasteiger partial charge on any atom is -0.476 e. The van der Waals surface area contributed by atoms with Crippen molar-refractivity contribution in [1.82, 2.24) is 19.7 Å². The molecular formula is C15H16N4O2. The highest BCUT2D eigenvalue weighted by molar-refractivity contribution is 5.85. The summed E-state index contributed by atoms with van der Waals surface area (Å²) in [6, 6.07) is 0. The van der Waals surface area contributed by atoms with Crippen molar-refractivity contribution < 1.29 is 9.90 Å². The van der Waals surface area contributed by atoms with E-state index < -0.39 is 5.97 Å². The lowest BCUT2D eigenvalue weighted by Crippen LogP contribution is -2.01. The summed E-state index contributed by atoms with van der Waals surface area (Å²) in [5.41, 5.74) is 4.18. The Balaban J connectivity index is 1.86. The fraction of sp³-hybridized carbons (Fsp3) is 0.333. The average molecular weight is 284 g/mol. The monoisotopic (exact) mass is 284 g/mol. The lowest BCUT2D eigenvalue weighted by atomic mass is 9.96. The SMILES string of the molecule is Cn1nc2c(c1/C=C/c1cnc(C(=O)O)cn1)CCCC2. The van der Waals surface area contributed by atoms with E-state index in [0.717, 1.165) is 18.5 Å². The van der Waals surface area contributed by atoms with Crippen molar-refractivity contribution in [3.63, 3.8) is 0 Å². The van der Waals surface area contributed by atoms with E-state index in [1.807, 2.05) is 23.9 Å². The Morgan fingerprint density at radius 3 is 2.76 bits per heavy atom. The molecule has 0 saturated heterocycles. The zero-order valence-electron chi connectivity index (χ0n) is 11.8. The van der Waals surface area contributed by atoms with Crippen LogP contribution in [0.5, 0.6) is 0 Å². The van der Waals surface area contributed by atoms with Gasteiger partial charge in [-0.05, 0) is 37.8 Å². The summed E-state index contributed by atoms with van der Waals surface area (Å²) >= 11 is 0. The third-order valence-corrected chi connectivity index (χ3v) is 3.67. The van der Waals surface area contributed by atoms with Crippen molar-refractivity contribution in [2.45, 2.75) is 25.7 Å². The van der Waals surface area contributed by atoms with Gasteiger partial charge < -0.3 is 5.11 Å². The molecule has 6 heteroatoms. The van der Waals surface area contributed by atoms with Crippen LogP contribution in [0.2, 0.25) is 0 Å². The molecule has 0 radical (unpaired) electrons. The number of fused-ring (bicyclic) bond motifs is 1. The Bertz CT molecular complexity index is 701. The maximum absolute atomic E-state index is 10.7. The zero-order valence-corrected chi connectivity index (χ0v) is 11.8. The number of carboxylic acids is 1. The highest BCUT2D eigenvalue weighted by atomic mass is 16.4. The van der Waals surface area contributed by atoms with Crippen LogP contribution in [0.3, 0.4) is 0 Å². The van der Waals surface area contributed by atoms with E-state index in [0.29, 0.717) is 5.69 Å². The number of hydrogen-bond donors (Lipinski definition) is 1. The molecule has 2 heterocycles. The molecule has 21 heavy (non-hydrogen) atoms. The largest absolute Gasteiger partial charge is 0.476 e. The van der Waals surface area contributed by atoms with Crippen molar-refractivity contribution in [2.24, 2.45) is 7.05 Å². The van der Waals surface area contributed by atoms with Crippen LogP contribution in [0, 0.1) is 0 Å². The fourth-order valence-corrected chi connectivity index (χ4v) is 2.61. The van der Waals surface area contributed by atoms with Crippen LogP contribution in [0.25, 0.3) is 12.2 Å². The first kappa shape index (κ1) is 13.5. The lowest BCUT2D eigenvalue weighted by molar-refractivity contribution is 0.0690. The van der Waals surface area contributed by atoms with Gasteiger partial charge in [0, 0.05) is 12.6 Å². The maximum Gasteiger partial charge on any atom is 0.356 e. The van der Waals surface area contributed by atoms with Gasteiger partial charge in [0.1, 0.15) is 0 Å². The van der Waals surface area contributed by atoms with Gasteiger partial charge in [-0.25, -0.2) is 9.78 Å². The Morgan fingerprint density at radius 2 is 2.05 bits per heavy atom. The van der Waals surface area contributed by atoms with Gasteiger partial charge in [0.05, 0.1) is 29.5 Å². The minimum atomic E-state index is -1.07. The predicted octanol–water partition coefficient (Wildman–Crippen LogP) is 1.96. The second-order valence-electron chi connectivity index (χ2n) is 5.11. The van der Waals surface area contributed by atoms with Crippen molar-refractivity contribution in [1.29, 1.82) is 0 Å². The third-order valence-electron chi connectivity index (χ3n) is 3.67. The molecule has 0 unspecified atom stereocenters. The molecule has 0 atom stereocenters. The molecule has 1 N–H and O–H groups in total. The summed E-state index contributed by atoms with van der Waals surface area (Å²) in [4.78, 5) is 18.7. The van der Waals surface area contributed by atoms with Gasteiger partial charge in [0.15, 0.2) is 5.69 Å². The number of nitrogens with zero attached hydrogens (tertiary/aromatic N) is 4. The van der Waals surface area contributed by atoms with Gasteiger partial charge in [0.25, 0.3) is 0 Å². The molecule has 0 amide bonds. The Labute approximate surface area is 122 Å². The first-order chi connectivity index (χ1) is 10.1. The number of hydrogen-bond acceptors (Lipinski definition) is 4. The fourth-order valence-electron chi connectivity index (χ4n) is 2.61. The van der Waals surface area contributed by atoms with Gasteiger partial charge in [-0.2, -0.15) is 5.10 Å². The first-order valence-corrected chi connectivity index (χ1v) is 6.93. The summed E-state index contributed by atoms with van der Waals surface area (Å²) in [6.07, 6.45) is 11.0. The van der Waals surface area contributed by atoms with E-state index in [1.165, 1.54) is 36.5 Å². The van der Waals surface area contributed by atoms with E-state index in [1.54, 1.807) is 0 Å². The maximum atomic E-state index is 10.7. The van der Waals surface area contributed by atoms with Crippen molar-refractivity contribution in [2.75, 3.05) is 0 Å². The van der Waals surface area contributed by atoms with Crippen LogP contribution in [0.15, 0.2) is 12.4 Å². The van der Waals surface area contributed by atoms with Crippen LogP contribution in [-0.4, -0.2) is 30.8 Å². The molecule has 0 spiro atoms. The molecule has 0 fully saturated rings. The quantitative estimate of drug-likeness (QED) is 0.931. The highest BCUT2D eigenvalue weighted by Crippen LogP contribution is 2.24. The summed E-state index contributed by atoms with van der Waals surface area (Å²) in [7, 11) is 1.94. The summed E-state index contributed by atoms with van der Waals surface area (Å²) < 4.78 is 1.89. The van der Waals surface area contributed by atoms with Crippen LogP contribution in [0.1, 0.15) is 46.0 Å². The van der Waals surface area contributed by atoms with Crippen LogP contribution in [0.4, 0.5) is 0 Å². The molecule has 108 valence electrons. The molecule has 0 aromatic carbocycles. The molecule has 2 aromatic rings. The van der Waals surface area contributed by atoms with Crippen molar-refractivity contribution in [3.8, 4) is 0 Å². The molecule has 2 aromatic heterocycles. The number of aromatic carboxylic acids is 1. The van der Waals surface area contributed by atoms with Gasteiger partial charge >= 0.3 is 5.97 Å². The highest BCUT2D eigenvalue weighted by Gasteiger charge is 2.17. The van der Waals surface area contributed by atoms with E-state index in [2.05, 4.69) is 15.1 Å². The average Bonchev–Trinajstić information content (AvgIpc) is 2.81. The number of carboxylic acid groups (broad SMARTS) is 1. The standard InChI is InChI=1S/C15H16N4O2/c1-19-14(11-4-2-3-5-12(11)18-19)7-6-10-8-17-13(9-16-10)15(20)21/h6-9H,2-5H2,1H3,(H,20,21)/b7-6+. The van der Waals surface area contributed by atoms with Gasteiger partial charge in [-0.15, -0.1) is 0 Å². The van der Waals surface area contributed by atoms with Crippen molar-refractivity contribution in [3.05, 3.63) is 40.7 Å². The van der Waals surface area contributed by atoms with Gasteiger partial charge in [0.2, 0.25) is 0 Å². The zero-order chi connectivity index (χ0) is 14.8. The molecule has 0 saturated carbocycles. The summed E-state index contributed by atoms with van der Waals surface area (Å²) in [6.45, 7) is 0.